The summed E-state index contributed by atoms with van der Waals surface area (Å²) in [7, 11) is 0. The molecule has 6 nitrogen and oxygen atoms in total. The predicted molar refractivity (Wildman–Crippen MR) is 110 cm³/mol. The van der Waals surface area contributed by atoms with E-state index >= 15 is 0 Å². The Hall–Kier alpha value is -1.57. The molecule has 1 amide bonds. The Balaban J connectivity index is 2.19. The van der Waals surface area contributed by atoms with Gasteiger partial charge in [0.1, 0.15) is 16.1 Å². The van der Waals surface area contributed by atoms with Crippen LogP contribution in [-0.4, -0.2) is 48.0 Å². The van der Waals surface area contributed by atoms with Crippen molar-refractivity contribution in [2.45, 2.75) is 45.4 Å². The van der Waals surface area contributed by atoms with E-state index in [1.165, 1.54) is 0 Å². The molecule has 1 aliphatic heterocycles. The maximum atomic E-state index is 13.7. The molecule has 27 heavy (non-hydrogen) atoms. The smallest absolute Gasteiger partial charge is 0.293 e. The molecule has 2 aromatic heterocycles. The number of hydrogen-bond acceptors (Lipinski definition) is 5. The number of nitrogens with zero attached hydrogens (tertiary/aromatic N) is 2. The molecule has 0 bridgehead atoms. The first-order chi connectivity index (χ1) is 18.5. The molecular weight excluding hydrogens is 386 g/mol. The standard InChI is InChI=1S/C19H26ClN3O3S/c1-12(2)23-18(26)15(16(24)13-11-14(20)27-19(13)23)17(25)21-7-6-10-22-8-4-3-5-9-22/h11-12,24H,3-10H2,1-2H3,(H,21,25)/i1D3,2D3,3D2,7D2,11D,12D/hD2. The molecule has 3 rings (SSSR count). The number of amides is 1. The molecule has 2 N–H and O–H groups in total. The molecule has 148 valence electrons. The van der Waals surface area contributed by atoms with Crippen LogP contribution in [0.5, 0.6) is 5.75 Å². The number of pyridine rings is 1. The number of rotatable bonds is 7. The van der Waals surface area contributed by atoms with Crippen LogP contribution in [0.4, 0.5) is 0 Å². The molecule has 0 radical (unpaired) electrons. The zero-order chi connectivity index (χ0) is 31.5. The predicted octanol–water partition coefficient (Wildman–Crippen LogP) is 3.61. The number of aromatic hydroxyl groups is 1. The number of fused-ring (bicyclic) bond motifs is 1. The fourth-order valence-corrected chi connectivity index (χ4v) is 3.92. The zero-order valence-corrected chi connectivity index (χ0v) is 15.7. The van der Waals surface area contributed by atoms with Gasteiger partial charge in [-0.05, 0) is 58.6 Å². The Morgan fingerprint density at radius 1 is 1.67 bits per heavy atom. The van der Waals surface area contributed by atoms with Gasteiger partial charge in [-0.25, -0.2) is 0 Å². The largest absolute Gasteiger partial charge is 0.506 e. The first kappa shape index (κ1) is 8.84. The van der Waals surface area contributed by atoms with E-state index in [2.05, 4.69) is 5.11 Å². The van der Waals surface area contributed by atoms with Crippen molar-refractivity contribution in [1.82, 2.24) is 14.8 Å². The Labute approximate surface area is 187 Å². The molecule has 0 aliphatic carbocycles. The summed E-state index contributed by atoms with van der Waals surface area (Å²) < 4.78 is 111. The van der Waals surface area contributed by atoms with E-state index in [0.717, 1.165) is 0 Å². The third kappa shape index (κ3) is 4.31. The summed E-state index contributed by atoms with van der Waals surface area (Å²) in [5, 5.41) is 3.58. The van der Waals surface area contributed by atoms with E-state index in [4.69, 9.17) is 30.9 Å². The van der Waals surface area contributed by atoms with Crippen molar-refractivity contribution < 1.29 is 27.8 Å². The van der Waals surface area contributed by atoms with E-state index in [0.29, 0.717) is 24.4 Å². The molecule has 0 aromatic carbocycles. The fourth-order valence-electron chi connectivity index (χ4n) is 2.77. The molecule has 8 heteroatoms. The maximum Gasteiger partial charge on any atom is 0.293 e. The van der Waals surface area contributed by atoms with Gasteiger partial charge >= 0.3 is 0 Å². The molecule has 1 saturated heterocycles. The minimum Gasteiger partial charge on any atom is -0.506 e. The SMILES string of the molecule is [2H]Oc1c(C(=O)N([2H])C([2H])([2H])CCN2CCC([2H])([2H])CC2)c(=O)n(C([2H])(C([2H])([2H])[2H])C([2H])([2H])[2H])c2sc(Cl)c([2H])c12. The highest BCUT2D eigenvalue weighted by atomic mass is 35.5. The van der Waals surface area contributed by atoms with Gasteiger partial charge in [0.2, 0.25) is 0 Å². The van der Waals surface area contributed by atoms with Crippen LogP contribution in [0.1, 0.15) is 72.2 Å². The molecule has 3 heterocycles. The van der Waals surface area contributed by atoms with Crippen LogP contribution in [0.25, 0.3) is 10.2 Å². The monoisotopic (exact) mass is 425 g/mol. The average Bonchev–Trinajstić information content (AvgIpc) is 3.13. The fraction of sp³-hybridized carbons (Fsp3) is 0.579. The quantitative estimate of drug-likeness (QED) is 0.710. The molecule has 0 unspecified atom stereocenters. The van der Waals surface area contributed by atoms with Crippen molar-refractivity contribution in [2.75, 3.05) is 26.1 Å². The van der Waals surface area contributed by atoms with Crippen molar-refractivity contribution in [1.29, 1.82) is 1.43 Å². The highest BCUT2D eigenvalue weighted by Gasteiger charge is 2.24. The van der Waals surface area contributed by atoms with Gasteiger partial charge < -0.3 is 15.3 Å². The number of piperidine rings is 1. The Bertz CT molecular complexity index is 1370. The lowest BCUT2D eigenvalue weighted by atomic mass is 10.1. The van der Waals surface area contributed by atoms with Gasteiger partial charge in [0, 0.05) is 26.2 Å². The number of hydrogen-bond donors (Lipinski definition) is 2. The summed E-state index contributed by atoms with van der Waals surface area (Å²) in [6, 6.07) is -4.42. The third-order valence-electron chi connectivity index (χ3n) is 4.07. The number of carbonyl (C=O) groups is 1. The molecule has 0 spiro atoms. The second-order valence-electron chi connectivity index (χ2n) is 5.79. The van der Waals surface area contributed by atoms with Crippen LogP contribution < -0.4 is 10.9 Å². The topological polar surface area (TPSA) is 74.6 Å². The van der Waals surface area contributed by atoms with Crippen molar-refractivity contribution in [3.8, 4) is 5.75 Å². The summed E-state index contributed by atoms with van der Waals surface area (Å²) in [6.45, 7) is -9.63. The average molecular weight is 426 g/mol. The molecule has 0 saturated carbocycles. The van der Waals surface area contributed by atoms with E-state index in [9.17, 15) is 9.59 Å². The zero-order valence-electron chi connectivity index (χ0n) is 28.1. The van der Waals surface area contributed by atoms with Gasteiger partial charge in [-0.15, -0.1) is 11.3 Å². The number of likely N-dealkylation sites (tertiary alicyclic amines) is 1. The minimum absolute atomic E-state index is 0.00173. The summed E-state index contributed by atoms with van der Waals surface area (Å²) in [5.41, 5.74) is -3.10. The van der Waals surface area contributed by atoms with Gasteiger partial charge in [0.25, 0.3) is 12.9 Å². The van der Waals surface area contributed by atoms with Crippen molar-refractivity contribution >= 4 is 39.1 Å². The van der Waals surface area contributed by atoms with Crippen LogP contribution in [0, 0.1) is 0 Å². The van der Waals surface area contributed by atoms with Crippen LogP contribution in [0.2, 0.25) is 5.75 Å². The summed E-state index contributed by atoms with van der Waals surface area (Å²) in [4.78, 5) is 28.3. The van der Waals surface area contributed by atoms with Crippen molar-refractivity contribution in [2.24, 2.45) is 0 Å². The first-order valence-corrected chi connectivity index (χ1v) is 9.28. The number of nitrogens with one attached hydrogen (secondary N) is 1. The van der Waals surface area contributed by atoms with Crippen LogP contribution >= 0.6 is 22.9 Å². The second-order valence-corrected chi connectivity index (χ2v) is 7.39. The van der Waals surface area contributed by atoms with Crippen LogP contribution in [0.3, 0.4) is 0 Å². The van der Waals surface area contributed by atoms with E-state index in [1.54, 1.807) is 4.90 Å². The molecule has 0 atom stereocenters. The van der Waals surface area contributed by atoms with Gasteiger partial charge in [0.05, 0.1) is 12.5 Å². The number of carbonyl (C=O) groups excluding carboxylic acids is 1. The number of aromatic nitrogens is 1. The number of thiophene rings is 1. The lowest BCUT2D eigenvalue weighted by Crippen LogP contribution is -2.36. The highest BCUT2D eigenvalue weighted by Crippen LogP contribution is 2.36. The lowest BCUT2D eigenvalue weighted by molar-refractivity contribution is 0.0946. The Kier molecular flexibility index (Phi) is 2.82. The minimum atomic E-state index is -3.74. The highest BCUT2D eigenvalue weighted by molar-refractivity contribution is 7.22. The van der Waals surface area contributed by atoms with Crippen molar-refractivity contribution in [3.05, 3.63) is 26.3 Å². The first-order valence-electron chi connectivity index (χ1n) is 14.9. The van der Waals surface area contributed by atoms with Gasteiger partial charge in [-0.1, -0.05) is 18.0 Å². The van der Waals surface area contributed by atoms with Gasteiger partial charge in [0.15, 0.2) is 1.41 Å². The van der Waals surface area contributed by atoms with E-state index in [-0.39, 0.29) is 29.3 Å². The molecular formula is C19H26ClN3O3S. The normalized spacial score (nSPS) is 26.7. The summed E-state index contributed by atoms with van der Waals surface area (Å²) >= 11 is 6.37. The maximum absolute atomic E-state index is 13.7. The lowest BCUT2D eigenvalue weighted by Gasteiger charge is -2.26. The van der Waals surface area contributed by atoms with Crippen LogP contribution in [0.15, 0.2) is 10.8 Å². The van der Waals surface area contributed by atoms with Gasteiger partial charge in [-0.2, -0.15) is 0 Å². The third-order valence-corrected chi connectivity index (χ3v) is 5.25. The second kappa shape index (κ2) is 8.63. The van der Waals surface area contributed by atoms with Crippen molar-refractivity contribution in [3.63, 3.8) is 0 Å². The number of halogens is 1. The Morgan fingerprint density at radius 2 is 2.44 bits per heavy atom. The summed E-state index contributed by atoms with van der Waals surface area (Å²) in [5.74, 6) is -2.72. The molecule has 1 aliphatic rings. The van der Waals surface area contributed by atoms with E-state index < -0.39 is 82.4 Å². The molecule has 2 aromatic rings. The Morgan fingerprint density at radius 3 is 3.15 bits per heavy atom. The van der Waals surface area contributed by atoms with E-state index in [1.807, 2.05) is 0 Å². The summed E-state index contributed by atoms with van der Waals surface area (Å²) in [6.07, 6.45) is -1.44. The van der Waals surface area contributed by atoms with Gasteiger partial charge in [-0.3, -0.25) is 14.2 Å². The van der Waals surface area contributed by atoms with Crippen LogP contribution in [-0.2, 0) is 0 Å². The molecule has 1 fully saturated rings.